The third kappa shape index (κ3) is 1.61. The van der Waals surface area contributed by atoms with Crippen LogP contribution in [0.25, 0.3) is 26.3 Å². The van der Waals surface area contributed by atoms with Gasteiger partial charge in [-0.25, -0.2) is 4.98 Å². The summed E-state index contributed by atoms with van der Waals surface area (Å²) in [7, 11) is 3.59. The average molecular weight is 284 g/mol. The first-order valence-electron chi connectivity index (χ1n) is 6.19. The highest BCUT2D eigenvalue weighted by molar-refractivity contribution is 7.20. The van der Waals surface area contributed by atoms with E-state index in [9.17, 15) is 0 Å². The highest BCUT2D eigenvalue weighted by Gasteiger charge is 2.12. The van der Waals surface area contributed by atoms with Crippen LogP contribution in [0.15, 0.2) is 36.9 Å². The van der Waals surface area contributed by atoms with E-state index in [0.29, 0.717) is 0 Å². The van der Waals surface area contributed by atoms with Crippen molar-refractivity contribution in [2.24, 2.45) is 7.05 Å². The molecule has 0 atom stereocenters. The van der Waals surface area contributed by atoms with Gasteiger partial charge in [-0.1, -0.05) is 11.3 Å². The van der Waals surface area contributed by atoms with E-state index in [0.717, 1.165) is 32.1 Å². The lowest BCUT2D eigenvalue weighted by Gasteiger charge is -2.03. The van der Waals surface area contributed by atoms with Crippen LogP contribution in [0.2, 0.25) is 0 Å². The second-order valence-corrected chi connectivity index (χ2v) is 5.64. The minimum absolute atomic E-state index is 0.796. The molecule has 0 saturated heterocycles. The van der Waals surface area contributed by atoms with Gasteiger partial charge in [-0.2, -0.15) is 5.10 Å². The van der Waals surface area contributed by atoms with E-state index < -0.39 is 0 Å². The molecule has 0 spiro atoms. The summed E-state index contributed by atoms with van der Waals surface area (Å²) in [5.41, 5.74) is 2.01. The molecular weight excluding hydrogens is 272 g/mol. The van der Waals surface area contributed by atoms with Crippen LogP contribution in [0.3, 0.4) is 0 Å². The lowest BCUT2D eigenvalue weighted by Crippen LogP contribution is -1.88. The van der Waals surface area contributed by atoms with Gasteiger partial charge in [-0.05, 0) is 17.7 Å². The van der Waals surface area contributed by atoms with Crippen molar-refractivity contribution in [3.63, 3.8) is 0 Å². The fourth-order valence-corrected chi connectivity index (χ4v) is 3.31. The molecule has 3 heterocycles. The minimum atomic E-state index is 0.796. The molecule has 0 radical (unpaired) electrons. The Balaban J connectivity index is 1.96. The van der Waals surface area contributed by atoms with Gasteiger partial charge < -0.3 is 4.74 Å². The maximum Gasteiger partial charge on any atom is 0.194 e. The molecule has 4 aromatic rings. The number of ether oxygens (including phenoxy) is 1. The van der Waals surface area contributed by atoms with E-state index in [1.807, 2.05) is 29.9 Å². The number of thiazole rings is 1. The zero-order valence-corrected chi connectivity index (χ0v) is 11.9. The largest absolute Gasteiger partial charge is 0.494 e. The molecule has 1 aromatic carbocycles. The molecule has 5 nitrogen and oxygen atoms in total. The van der Waals surface area contributed by atoms with Crippen LogP contribution in [0.5, 0.6) is 5.75 Å². The zero-order valence-electron chi connectivity index (χ0n) is 11.1. The SMILES string of the molecule is COc1cc(-c2cn3ccnc3s2)cc2cn(C)nc12. The highest BCUT2D eigenvalue weighted by Crippen LogP contribution is 2.34. The molecule has 0 bridgehead atoms. The Bertz CT molecular complexity index is 889. The number of aromatic nitrogens is 4. The Labute approximate surface area is 119 Å². The Kier molecular flexibility index (Phi) is 2.34. The van der Waals surface area contributed by atoms with Crippen molar-refractivity contribution in [2.45, 2.75) is 0 Å². The molecule has 3 aromatic heterocycles. The number of nitrogens with zero attached hydrogens (tertiary/aromatic N) is 4. The summed E-state index contributed by atoms with van der Waals surface area (Å²) in [6.45, 7) is 0. The van der Waals surface area contributed by atoms with Crippen LogP contribution in [0.1, 0.15) is 0 Å². The Morgan fingerprint density at radius 3 is 2.95 bits per heavy atom. The van der Waals surface area contributed by atoms with Crippen molar-refractivity contribution in [3.05, 3.63) is 36.9 Å². The van der Waals surface area contributed by atoms with E-state index in [1.165, 1.54) is 0 Å². The maximum atomic E-state index is 5.46. The summed E-state index contributed by atoms with van der Waals surface area (Å²) < 4.78 is 9.30. The van der Waals surface area contributed by atoms with Crippen LogP contribution >= 0.6 is 11.3 Å². The van der Waals surface area contributed by atoms with Gasteiger partial charge in [0.2, 0.25) is 0 Å². The molecule has 0 N–H and O–H groups in total. The van der Waals surface area contributed by atoms with Crippen LogP contribution in [0, 0.1) is 0 Å². The third-order valence-corrected chi connectivity index (χ3v) is 4.34. The van der Waals surface area contributed by atoms with Crippen LogP contribution in [-0.2, 0) is 7.05 Å². The number of fused-ring (bicyclic) bond motifs is 2. The molecule has 0 aliphatic rings. The van der Waals surface area contributed by atoms with Crippen molar-refractivity contribution in [1.82, 2.24) is 19.2 Å². The smallest absolute Gasteiger partial charge is 0.194 e. The minimum Gasteiger partial charge on any atom is -0.494 e. The molecular formula is C14H12N4OS. The number of benzene rings is 1. The van der Waals surface area contributed by atoms with E-state index >= 15 is 0 Å². The first kappa shape index (κ1) is 11.5. The van der Waals surface area contributed by atoms with Crippen molar-refractivity contribution in [1.29, 1.82) is 0 Å². The van der Waals surface area contributed by atoms with Gasteiger partial charge in [0.1, 0.15) is 11.3 Å². The second kappa shape index (κ2) is 4.08. The number of rotatable bonds is 2. The Morgan fingerprint density at radius 2 is 2.15 bits per heavy atom. The Hall–Kier alpha value is -2.34. The Morgan fingerprint density at radius 1 is 1.25 bits per heavy atom. The van der Waals surface area contributed by atoms with Crippen LogP contribution in [-0.4, -0.2) is 26.3 Å². The maximum absolute atomic E-state index is 5.46. The van der Waals surface area contributed by atoms with Crippen LogP contribution < -0.4 is 4.74 Å². The quantitative estimate of drug-likeness (QED) is 0.568. The number of methoxy groups -OCH3 is 1. The van der Waals surface area contributed by atoms with E-state index in [1.54, 1.807) is 29.3 Å². The molecule has 4 rings (SSSR count). The standard InChI is InChI=1S/C14H12N4OS/c1-17-7-10-5-9(6-11(19-2)13(10)16-17)12-8-18-4-3-15-14(18)20-12/h3-8H,1-2H3. The molecule has 0 amide bonds. The van der Waals surface area contributed by atoms with Gasteiger partial charge in [0, 0.05) is 37.2 Å². The van der Waals surface area contributed by atoms with Crippen molar-refractivity contribution >= 4 is 27.2 Å². The molecule has 0 aliphatic carbocycles. The van der Waals surface area contributed by atoms with Gasteiger partial charge in [-0.15, -0.1) is 0 Å². The van der Waals surface area contributed by atoms with Gasteiger partial charge in [0.05, 0.1) is 12.0 Å². The topological polar surface area (TPSA) is 44.4 Å². The third-order valence-electron chi connectivity index (χ3n) is 3.28. The molecule has 6 heteroatoms. The summed E-state index contributed by atoms with van der Waals surface area (Å²) >= 11 is 1.66. The highest BCUT2D eigenvalue weighted by atomic mass is 32.1. The van der Waals surface area contributed by atoms with Crippen molar-refractivity contribution in [2.75, 3.05) is 7.11 Å². The first-order chi connectivity index (χ1) is 9.74. The fourth-order valence-electron chi connectivity index (χ4n) is 2.38. The fraction of sp³-hybridized carbons (Fsp3) is 0.143. The summed E-state index contributed by atoms with van der Waals surface area (Å²) in [6, 6.07) is 4.16. The summed E-state index contributed by atoms with van der Waals surface area (Å²) in [5, 5.41) is 5.51. The first-order valence-corrected chi connectivity index (χ1v) is 7.00. The van der Waals surface area contributed by atoms with E-state index in [-0.39, 0.29) is 0 Å². The number of imidazole rings is 1. The molecule has 20 heavy (non-hydrogen) atoms. The number of hydrogen-bond donors (Lipinski definition) is 0. The monoisotopic (exact) mass is 284 g/mol. The molecule has 100 valence electrons. The van der Waals surface area contributed by atoms with Crippen molar-refractivity contribution in [3.8, 4) is 16.2 Å². The molecule has 0 aliphatic heterocycles. The summed E-state index contributed by atoms with van der Waals surface area (Å²) in [6.07, 6.45) is 7.85. The van der Waals surface area contributed by atoms with Crippen molar-refractivity contribution < 1.29 is 4.74 Å². The molecule has 0 fully saturated rings. The van der Waals surface area contributed by atoms with Crippen LogP contribution in [0.4, 0.5) is 0 Å². The lowest BCUT2D eigenvalue weighted by molar-refractivity contribution is 0.418. The zero-order chi connectivity index (χ0) is 13.7. The molecule has 0 saturated carbocycles. The van der Waals surface area contributed by atoms with E-state index in [4.69, 9.17) is 4.74 Å². The number of hydrogen-bond acceptors (Lipinski definition) is 4. The predicted molar refractivity (Wildman–Crippen MR) is 79.3 cm³/mol. The van der Waals surface area contributed by atoms with E-state index in [2.05, 4.69) is 22.3 Å². The summed E-state index contributed by atoms with van der Waals surface area (Å²) in [5.74, 6) is 0.796. The predicted octanol–water partition coefficient (Wildman–Crippen LogP) is 2.96. The lowest BCUT2D eigenvalue weighted by atomic mass is 10.1. The van der Waals surface area contributed by atoms with Gasteiger partial charge >= 0.3 is 0 Å². The molecule has 0 unspecified atom stereocenters. The van der Waals surface area contributed by atoms with Gasteiger partial charge in [0.25, 0.3) is 0 Å². The summed E-state index contributed by atoms with van der Waals surface area (Å²) in [4.78, 5) is 6.46. The van der Waals surface area contributed by atoms with Gasteiger partial charge in [-0.3, -0.25) is 9.08 Å². The average Bonchev–Trinajstić information content (AvgIpc) is 3.08. The second-order valence-electron chi connectivity index (χ2n) is 4.63. The van der Waals surface area contributed by atoms with Gasteiger partial charge in [0.15, 0.2) is 4.96 Å². The normalized spacial score (nSPS) is 11.5. The number of aryl methyl sites for hydroxylation is 1.